The van der Waals surface area contributed by atoms with Crippen LogP contribution in [0.3, 0.4) is 0 Å². The van der Waals surface area contributed by atoms with Crippen LogP contribution in [0, 0.1) is 0 Å². The molecule has 0 aromatic carbocycles. The summed E-state index contributed by atoms with van der Waals surface area (Å²) in [6.07, 6.45) is 2.97. The van der Waals surface area contributed by atoms with E-state index in [-0.39, 0.29) is 17.6 Å². The van der Waals surface area contributed by atoms with Crippen molar-refractivity contribution in [1.29, 1.82) is 0 Å². The normalized spacial score (nSPS) is 15.5. The predicted molar refractivity (Wildman–Crippen MR) is 98.4 cm³/mol. The van der Waals surface area contributed by atoms with Gasteiger partial charge in [-0.3, -0.25) is 14.9 Å². The molecule has 0 fully saturated rings. The first-order chi connectivity index (χ1) is 12.5. The van der Waals surface area contributed by atoms with Crippen LogP contribution < -0.4 is 10.6 Å². The zero-order valence-electron chi connectivity index (χ0n) is 14.3. The third-order valence-corrected chi connectivity index (χ3v) is 6.13. The average Bonchev–Trinajstić information content (AvgIpc) is 3.18. The first-order valence-corrected chi connectivity index (χ1v) is 9.92. The van der Waals surface area contributed by atoms with E-state index in [1.54, 1.807) is 18.3 Å². The van der Waals surface area contributed by atoms with E-state index in [9.17, 15) is 14.4 Å². The van der Waals surface area contributed by atoms with Gasteiger partial charge in [0.2, 0.25) is 5.91 Å². The van der Waals surface area contributed by atoms with Crippen LogP contribution in [-0.4, -0.2) is 47.3 Å². The van der Waals surface area contributed by atoms with Crippen LogP contribution >= 0.6 is 23.1 Å². The molecule has 3 amide bonds. The molecule has 3 rings (SSSR count). The summed E-state index contributed by atoms with van der Waals surface area (Å²) in [4.78, 5) is 45.9. The summed E-state index contributed by atoms with van der Waals surface area (Å²) in [6, 6.07) is -0.553. The number of nitrogens with zero attached hydrogens (tertiary/aromatic N) is 2. The molecule has 2 aromatic heterocycles. The Kier molecular flexibility index (Phi) is 5.72. The number of aromatic nitrogens is 2. The van der Waals surface area contributed by atoms with Crippen molar-refractivity contribution in [2.75, 3.05) is 19.4 Å². The van der Waals surface area contributed by atoms with E-state index in [1.807, 2.05) is 0 Å². The zero-order chi connectivity index (χ0) is 18.7. The molecule has 1 atom stereocenters. The van der Waals surface area contributed by atoms with Gasteiger partial charge in [-0.05, 0) is 25.3 Å². The summed E-state index contributed by atoms with van der Waals surface area (Å²) in [5, 5.41) is 6.00. The summed E-state index contributed by atoms with van der Waals surface area (Å²) in [5.41, 5.74) is 0.929. The fourth-order valence-corrected chi connectivity index (χ4v) is 4.99. The van der Waals surface area contributed by atoms with Gasteiger partial charge in [-0.15, -0.1) is 11.3 Å². The van der Waals surface area contributed by atoms with Crippen LogP contribution in [0.25, 0.3) is 10.2 Å². The van der Waals surface area contributed by atoms with Crippen LogP contribution in [0.1, 0.15) is 29.7 Å². The fraction of sp³-hybridized carbons (Fsp3) is 0.438. The lowest BCUT2D eigenvalue weighted by Crippen LogP contribution is -2.38. The number of aryl methyl sites for hydroxylation is 1. The van der Waals surface area contributed by atoms with E-state index in [0.29, 0.717) is 18.1 Å². The van der Waals surface area contributed by atoms with Gasteiger partial charge >= 0.3 is 12.0 Å². The van der Waals surface area contributed by atoms with Crippen LogP contribution in [0.2, 0.25) is 0 Å². The Balaban J connectivity index is 1.87. The van der Waals surface area contributed by atoms with Crippen molar-refractivity contribution in [1.82, 2.24) is 20.6 Å². The van der Waals surface area contributed by atoms with Crippen molar-refractivity contribution < 1.29 is 19.1 Å². The highest BCUT2D eigenvalue weighted by Gasteiger charge is 2.35. The van der Waals surface area contributed by atoms with Crippen LogP contribution in [0.15, 0.2) is 11.4 Å². The van der Waals surface area contributed by atoms with Gasteiger partial charge in [0.05, 0.1) is 18.3 Å². The predicted octanol–water partition coefficient (Wildman–Crippen LogP) is 1.83. The number of thiophene rings is 1. The topological polar surface area (TPSA) is 110 Å². The molecule has 0 aliphatic heterocycles. The van der Waals surface area contributed by atoms with E-state index in [1.165, 1.54) is 25.1 Å². The van der Waals surface area contributed by atoms with E-state index >= 15 is 0 Å². The van der Waals surface area contributed by atoms with Crippen LogP contribution in [0.4, 0.5) is 4.79 Å². The second-order valence-electron chi connectivity index (χ2n) is 5.56. The van der Waals surface area contributed by atoms with Gasteiger partial charge < -0.3 is 10.1 Å². The lowest BCUT2D eigenvalue weighted by Gasteiger charge is -2.11. The summed E-state index contributed by atoms with van der Waals surface area (Å²) >= 11 is 2.77. The number of rotatable bonds is 5. The Morgan fingerprint density at radius 3 is 2.92 bits per heavy atom. The smallest absolute Gasteiger partial charge is 0.321 e. The lowest BCUT2D eigenvalue weighted by atomic mass is 10.0. The minimum Gasteiger partial charge on any atom is -0.466 e. The van der Waals surface area contributed by atoms with Gasteiger partial charge in [0.1, 0.15) is 16.2 Å². The fourth-order valence-electron chi connectivity index (χ4n) is 2.89. The molecule has 0 bridgehead atoms. The number of esters is 1. The highest BCUT2D eigenvalue weighted by molar-refractivity contribution is 8.00. The molecule has 8 nitrogen and oxygen atoms in total. The number of fused-ring (bicyclic) bond motifs is 3. The molecule has 0 unspecified atom stereocenters. The Labute approximate surface area is 158 Å². The van der Waals surface area contributed by atoms with Gasteiger partial charge in [-0.25, -0.2) is 14.8 Å². The van der Waals surface area contributed by atoms with Gasteiger partial charge in [-0.1, -0.05) is 11.8 Å². The second kappa shape index (κ2) is 8.00. The minimum atomic E-state index is -0.553. The van der Waals surface area contributed by atoms with Crippen molar-refractivity contribution >= 4 is 51.2 Å². The highest BCUT2D eigenvalue weighted by Crippen LogP contribution is 2.46. The number of ether oxygens (including phenoxy) is 1. The van der Waals surface area contributed by atoms with Gasteiger partial charge in [0.25, 0.3) is 0 Å². The van der Waals surface area contributed by atoms with E-state index in [2.05, 4.69) is 20.6 Å². The molecule has 2 heterocycles. The molecule has 2 aromatic rings. The molecule has 0 saturated carbocycles. The van der Waals surface area contributed by atoms with Crippen molar-refractivity contribution in [3.8, 4) is 0 Å². The molecule has 1 aliphatic carbocycles. The van der Waals surface area contributed by atoms with Crippen molar-refractivity contribution in [3.05, 3.63) is 16.8 Å². The van der Waals surface area contributed by atoms with Gasteiger partial charge in [-0.2, -0.15) is 0 Å². The highest BCUT2D eigenvalue weighted by atomic mass is 32.2. The van der Waals surface area contributed by atoms with Crippen LogP contribution in [0.5, 0.6) is 0 Å². The molecular weight excluding hydrogens is 376 g/mol. The molecule has 26 heavy (non-hydrogen) atoms. The summed E-state index contributed by atoms with van der Waals surface area (Å²) in [7, 11) is 1.44. The summed E-state index contributed by atoms with van der Waals surface area (Å²) in [5.74, 6) is -0.935. The third kappa shape index (κ3) is 3.65. The first-order valence-electron chi connectivity index (χ1n) is 8.12. The number of thioether (sulfide) groups is 1. The number of hydrogen-bond acceptors (Lipinski definition) is 8. The van der Waals surface area contributed by atoms with Gasteiger partial charge in [0.15, 0.2) is 0 Å². The van der Waals surface area contributed by atoms with E-state index in [4.69, 9.17) is 4.74 Å². The number of imide groups is 1. The Morgan fingerprint density at radius 1 is 1.38 bits per heavy atom. The van der Waals surface area contributed by atoms with E-state index < -0.39 is 11.9 Å². The van der Waals surface area contributed by atoms with E-state index in [0.717, 1.165) is 27.1 Å². The Morgan fingerprint density at radius 2 is 2.19 bits per heavy atom. The standard InChI is InChI=1S/C16H18N4O4S2/c1-3-24-15(22)8-4-5-9-11(8)12-13(18-7-19-14(12)26-9)25-6-10(21)20-16(23)17-2/h7-8H,3-6H2,1-2H3,(H2,17,20,21,23)/t8-/m1/s1. The average molecular weight is 394 g/mol. The Bertz CT molecular complexity index is 867. The zero-order valence-corrected chi connectivity index (χ0v) is 16.0. The quantitative estimate of drug-likeness (QED) is 0.452. The SMILES string of the molecule is CCOC(=O)[C@@H]1CCc2sc3ncnc(SCC(=O)NC(=O)NC)c3c21. The number of carbonyl (C=O) groups is 3. The second-order valence-corrected chi connectivity index (χ2v) is 7.60. The number of urea groups is 1. The van der Waals surface area contributed by atoms with Gasteiger partial charge in [0, 0.05) is 17.3 Å². The summed E-state index contributed by atoms with van der Waals surface area (Å²) in [6.45, 7) is 2.12. The molecule has 0 radical (unpaired) electrons. The first kappa shape index (κ1) is 18.6. The molecule has 0 spiro atoms. The van der Waals surface area contributed by atoms with Crippen molar-refractivity contribution in [2.45, 2.75) is 30.7 Å². The molecular formula is C16H18N4O4S2. The molecule has 138 valence electrons. The number of amides is 3. The van der Waals surface area contributed by atoms with Crippen molar-refractivity contribution in [2.24, 2.45) is 0 Å². The third-order valence-electron chi connectivity index (χ3n) is 3.97. The maximum Gasteiger partial charge on any atom is 0.321 e. The molecule has 2 N–H and O–H groups in total. The maximum absolute atomic E-state index is 12.3. The monoisotopic (exact) mass is 394 g/mol. The lowest BCUT2D eigenvalue weighted by molar-refractivity contribution is -0.144. The summed E-state index contributed by atoms with van der Waals surface area (Å²) < 4.78 is 5.20. The maximum atomic E-state index is 12.3. The largest absolute Gasteiger partial charge is 0.466 e. The minimum absolute atomic E-state index is 0.0359. The molecule has 0 saturated heterocycles. The number of carbonyl (C=O) groups excluding carboxylic acids is 3. The Hall–Kier alpha value is -2.20. The molecule has 1 aliphatic rings. The molecule has 10 heteroatoms. The number of hydrogen-bond donors (Lipinski definition) is 2. The number of nitrogens with one attached hydrogen (secondary N) is 2. The van der Waals surface area contributed by atoms with Crippen molar-refractivity contribution in [3.63, 3.8) is 0 Å². The van der Waals surface area contributed by atoms with Crippen LogP contribution in [-0.2, 0) is 20.7 Å².